The van der Waals surface area contributed by atoms with E-state index in [1.807, 2.05) is 0 Å². The molecule has 0 unspecified atom stereocenters. The molecule has 37 heavy (non-hydrogen) atoms. The Balaban J connectivity index is 1.75. The van der Waals surface area contributed by atoms with Crippen LogP contribution in [0.4, 0.5) is 13.2 Å². The van der Waals surface area contributed by atoms with Crippen LogP contribution in [0, 0.1) is 5.82 Å². The Kier molecular flexibility index (Phi) is 7.32. The SMILES string of the molecule is CC(C)n1c(=O)n(-c2cc(OCC(F)F)ccn2)c2cc(F)c(C(=O)NC3(C)CCS(O)(O)CC3)cc21. The smallest absolute Gasteiger partial charge is 0.335 e. The first-order valence-electron chi connectivity index (χ1n) is 11.7. The number of imidazole rings is 1. The normalized spacial score (nSPS) is 17.8. The van der Waals surface area contributed by atoms with Crippen molar-refractivity contribution in [3.05, 3.63) is 52.3 Å². The predicted octanol–water partition coefficient (Wildman–Crippen LogP) is 4.58. The second kappa shape index (κ2) is 10.0. The molecule has 1 amide bonds. The summed E-state index contributed by atoms with van der Waals surface area (Å²) in [5.74, 6) is -1.14. The fourth-order valence-corrected chi connectivity index (χ4v) is 6.13. The highest BCUT2D eigenvalue weighted by Crippen LogP contribution is 2.46. The van der Waals surface area contributed by atoms with Crippen LogP contribution in [0.2, 0.25) is 0 Å². The molecule has 0 atom stereocenters. The third-order valence-electron chi connectivity index (χ3n) is 6.42. The van der Waals surface area contributed by atoms with Crippen LogP contribution in [0.5, 0.6) is 5.75 Å². The van der Waals surface area contributed by atoms with Crippen molar-refractivity contribution in [2.75, 3.05) is 18.1 Å². The highest BCUT2D eigenvalue weighted by atomic mass is 32.3. The molecule has 1 aliphatic heterocycles. The van der Waals surface area contributed by atoms with Crippen LogP contribution < -0.4 is 15.7 Å². The first-order chi connectivity index (χ1) is 17.3. The summed E-state index contributed by atoms with van der Waals surface area (Å²) in [7, 11) is -2.66. The number of amides is 1. The van der Waals surface area contributed by atoms with Crippen LogP contribution in [0.1, 0.15) is 50.0 Å². The lowest BCUT2D eigenvalue weighted by Crippen LogP contribution is -2.50. The van der Waals surface area contributed by atoms with Gasteiger partial charge in [0.25, 0.3) is 12.3 Å². The van der Waals surface area contributed by atoms with Crippen LogP contribution in [0.25, 0.3) is 16.9 Å². The van der Waals surface area contributed by atoms with Crippen LogP contribution in [0.3, 0.4) is 0 Å². The molecule has 4 rings (SSSR count). The Morgan fingerprint density at radius 2 is 1.89 bits per heavy atom. The van der Waals surface area contributed by atoms with Crippen molar-refractivity contribution in [1.82, 2.24) is 19.4 Å². The first kappa shape index (κ1) is 27.0. The zero-order valence-corrected chi connectivity index (χ0v) is 21.4. The van der Waals surface area contributed by atoms with Crippen molar-refractivity contribution in [1.29, 1.82) is 0 Å². The van der Waals surface area contributed by atoms with E-state index in [1.165, 1.54) is 29.0 Å². The second-order valence-corrected chi connectivity index (χ2v) is 12.1. The summed E-state index contributed by atoms with van der Waals surface area (Å²) in [5.41, 5.74) is -1.13. The van der Waals surface area contributed by atoms with Crippen molar-refractivity contribution in [3.8, 4) is 11.6 Å². The molecule has 1 aromatic carbocycles. The molecule has 0 bridgehead atoms. The zero-order valence-electron chi connectivity index (χ0n) is 20.6. The molecular formula is C24H29F3N4O5S. The summed E-state index contributed by atoms with van der Waals surface area (Å²) in [4.78, 5) is 30.6. The number of alkyl halides is 2. The first-order valence-corrected chi connectivity index (χ1v) is 13.6. The van der Waals surface area contributed by atoms with Crippen LogP contribution in [-0.4, -0.2) is 59.2 Å². The van der Waals surface area contributed by atoms with Crippen LogP contribution in [-0.2, 0) is 0 Å². The molecule has 3 aromatic rings. The minimum Gasteiger partial charge on any atom is -0.487 e. The maximum Gasteiger partial charge on any atom is 0.335 e. The number of rotatable bonds is 7. The molecule has 1 saturated heterocycles. The second-order valence-electron chi connectivity index (χ2n) is 9.68. The molecule has 9 nitrogen and oxygen atoms in total. The Bertz CT molecular complexity index is 1380. The number of pyridine rings is 1. The van der Waals surface area contributed by atoms with E-state index in [0.717, 1.165) is 10.6 Å². The lowest BCUT2D eigenvalue weighted by atomic mass is 9.94. The Hall–Kier alpha value is -3.03. The van der Waals surface area contributed by atoms with Gasteiger partial charge in [0.15, 0.2) is 0 Å². The monoisotopic (exact) mass is 542 g/mol. The molecule has 2 aromatic heterocycles. The van der Waals surface area contributed by atoms with E-state index in [-0.39, 0.29) is 45.7 Å². The fourth-order valence-electron chi connectivity index (χ4n) is 4.37. The van der Waals surface area contributed by atoms with E-state index in [9.17, 15) is 27.5 Å². The van der Waals surface area contributed by atoms with Crippen molar-refractivity contribution < 1.29 is 31.8 Å². The number of fused-ring (bicyclic) bond motifs is 1. The Morgan fingerprint density at radius 3 is 2.51 bits per heavy atom. The van der Waals surface area contributed by atoms with Gasteiger partial charge in [-0.1, -0.05) is 0 Å². The van der Waals surface area contributed by atoms with Gasteiger partial charge in [0, 0.05) is 41.4 Å². The van der Waals surface area contributed by atoms with Gasteiger partial charge >= 0.3 is 5.69 Å². The standard InChI is InChI=1S/C24H29F3N4O5S/c1-14(2)30-18-11-16(22(32)29-24(3)5-8-37(34,35)9-6-24)17(25)12-19(18)31(23(30)33)21-10-15(4-7-28-21)36-13-20(26)27/h4,7,10-12,14,20,34-35H,5-6,8-9,13H2,1-3H3,(H,29,32). The van der Waals surface area contributed by atoms with Gasteiger partial charge in [-0.25, -0.2) is 27.5 Å². The van der Waals surface area contributed by atoms with Gasteiger partial charge < -0.3 is 10.1 Å². The van der Waals surface area contributed by atoms with Gasteiger partial charge in [0.1, 0.15) is 24.0 Å². The maximum atomic E-state index is 15.3. The summed E-state index contributed by atoms with van der Waals surface area (Å²) in [5, 5.41) is 2.82. The van der Waals surface area contributed by atoms with Gasteiger partial charge in [0.2, 0.25) is 0 Å². The quantitative estimate of drug-likeness (QED) is 0.402. The average molecular weight is 543 g/mol. The Morgan fingerprint density at radius 1 is 1.22 bits per heavy atom. The van der Waals surface area contributed by atoms with E-state index in [1.54, 1.807) is 20.8 Å². The number of nitrogens with one attached hydrogen (secondary N) is 1. The van der Waals surface area contributed by atoms with Crippen molar-refractivity contribution in [2.24, 2.45) is 0 Å². The number of halogens is 3. The molecule has 202 valence electrons. The number of ether oxygens (including phenoxy) is 1. The third-order valence-corrected chi connectivity index (χ3v) is 8.14. The highest BCUT2D eigenvalue weighted by Gasteiger charge is 2.35. The zero-order chi connectivity index (χ0) is 27.1. The largest absolute Gasteiger partial charge is 0.487 e. The number of aromatic nitrogens is 3. The fraction of sp³-hybridized carbons (Fsp3) is 0.458. The predicted molar refractivity (Wildman–Crippen MR) is 135 cm³/mol. The molecule has 1 aliphatic rings. The molecule has 0 spiro atoms. The molecule has 0 radical (unpaired) electrons. The molecule has 3 heterocycles. The highest BCUT2D eigenvalue weighted by molar-refractivity contribution is 8.24. The molecule has 0 aliphatic carbocycles. The van der Waals surface area contributed by atoms with Gasteiger partial charge in [0.05, 0.1) is 16.6 Å². The number of hydrogen-bond donors (Lipinski definition) is 3. The van der Waals surface area contributed by atoms with E-state index in [2.05, 4.69) is 10.3 Å². The topological polar surface area (TPSA) is 119 Å². The number of nitrogens with zero attached hydrogens (tertiary/aromatic N) is 3. The minimum absolute atomic E-state index is 0.0477. The van der Waals surface area contributed by atoms with Crippen molar-refractivity contribution in [3.63, 3.8) is 0 Å². The van der Waals surface area contributed by atoms with Gasteiger partial charge in [-0.15, -0.1) is 0 Å². The van der Waals surface area contributed by atoms with Gasteiger partial charge in [-0.05, 0) is 45.7 Å². The summed E-state index contributed by atoms with van der Waals surface area (Å²) in [6, 6.07) is 4.68. The summed E-state index contributed by atoms with van der Waals surface area (Å²) in [6.45, 7) is 4.44. The van der Waals surface area contributed by atoms with Crippen LogP contribution in [0.15, 0.2) is 35.3 Å². The van der Waals surface area contributed by atoms with E-state index in [0.29, 0.717) is 12.8 Å². The Labute approximate surface area is 212 Å². The number of hydrogen-bond acceptors (Lipinski definition) is 6. The summed E-state index contributed by atoms with van der Waals surface area (Å²) < 4.78 is 67.8. The number of carbonyl (C=O) groups excluding carboxylic acids is 1. The number of benzene rings is 1. The van der Waals surface area contributed by atoms with Crippen molar-refractivity contribution in [2.45, 2.75) is 51.6 Å². The van der Waals surface area contributed by atoms with E-state index >= 15 is 4.39 Å². The minimum atomic E-state index is -2.69. The molecule has 1 fully saturated rings. The molecule has 13 heteroatoms. The van der Waals surface area contributed by atoms with Gasteiger partial charge in [-0.3, -0.25) is 18.5 Å². The molecule has 0 saturated carbocycles. The van der Waals surface area contributed by atoms with E-state index in [4.69, 9.17) is 4.74 Å². The summed E-state index contributed by atoms with van der Waals surface area (Å²) >= 11 is 0. The van der Waals surface area contributed by atoms with Gasteiger partial charge in [-0.2, -0.15) is 10.6 Å². The van der Waals surface area contributed by atoms with Crippen molar-refractivity contribution >= 4 is 27.5 Å². The van der Waals surface area contributed by atoms with E-state index < -0.39 is 46.6 Å². The summed E-state index contributed by atoms with van der Waals surface area (Å²) in [6.07, 6.45) is -0.742. The lowest BCUT2D eigenvalue weighted by Gasteiger charge is -2.44. The average Bonchev–Trinajstić information content (AvgIpc) is 3.10. The lowest BCUT2D eigenvalue weighted by molar-refractivity contribution is 0.0818. The number of carbonyl (C=O) groups is 1. The van der Waals surface area contributed by atoms with Crippen LogP contribution >= 0.6 is 10.6 Å². The third kappa shape index (κ3) is 5.63. The molecular weight excluding hydrogens is 513 g/mol. The maximum absolute atomic E-state index is 15.3. The molecule has 3 N–H and O–H groups in total.